The van der Waals surface area contributed by atoms with Crippen LogP contribution in [-0.4, -0.2) is 102 Å². The number of nitrogens with one attached hydrogen (secondary N) is 4. The fraction of sp³-hybridized carbons (Fsp3) is 0.463. The maximum absolute atomic E-state index is 13.2. The fourth-order valence-electron chi connectivity index (χ4n) is 8.17. The van der Waals surface area contributed by atoms with Gasteiger partial charge in [-0.15, -0.1) is 0 Å². The molecular weight excluding hydrogens is 747 g/mol. The Kier molecular flexibility index (Phi) is 12.0. The number of anilines is 4. The van der Waals surface area contributed by atoms with Gasteiger partial charge in [0.1, 0.15) is 29.3 Å². The van der Waals surface area contributed by atoms with Crippen LogP contribution in [0.1, 0.15) is 91.0 Å². The zero-order valence-electron chi connectivity index (χ0n) is 33.0. The molecule has 58 heavy (non-hydrogen) atoms. The van der Waals surface area contributed by atoms with Crippen molar-refractivity contribution in [2.45, 2.75) is 89.4 Å². The smallest absolute Gasteiger partial charge is 0.257 e. The molecule has 0 spiro atoms. The molecule has 0 radical (unpaired) electrons. The Bertz CT molecular complexity index is 2100. The average molecular weight is 796 g/mol. The molecule has 4 heterocycles. The molecule has 2 aromatic carbocycles. The Balaban J connectivity index is 0.862. The molecule has 3 aliphatic heterocycles. The first-order chi connectivity index (χ1) is 28.1. The van der Waals surface area contributed by atoms with Crippen LogP contribution in [0, 0.1) is 0 Å². The number of hydrogen-bond donors (Lipinski definition) is 4. The number of ether oxygens (including phenoxy) is 2. The SMILES string of the molecule is CC[C@@H]1C(=O)N(C)c2cnc(Nc3ccc(C(=O)NCCCCNC(=O)COc4cccc5c4CN(C4CCC(=O)NC4=O)C5=O)cc3OC)nc2N1C1CCCC1. The molecule has 17 nitrogen and oxygen atoms in total. The number of imide groups is 1. The molecule has 17 heteroatoms. The minimum atomic E-state index is -0.744. The minimum Gasteiger partial charge on any atom is -0.495 e. The monoisotopic (exact) mass is 795 g/mol. The van der Waals surface area contributed by atoms with Gasteiger partial charge in [-0.2, -0.15) is 4.98 Å². The lowest BCUT2D eigenvalue weighted by molar-refractivity contribution is -0.137. The lowest BCUT2D eigenvalue weighted by atomic mass is 10.0. The number of amides is 6. The van der Waals surface area contributed by atoms with E-state index in [1.807, 2.05) is 6.92 Å². The van der Waals surface area contributed by atoms with E-state index in [1.54, 1.807) is 54.5 Å². The molecule has 1 saturated heterocycles. The van der Waals surface area contributed by atoms with Gasteiger partial charge in [-0.25, -0.2) is 4.98 Å². The molecule has 4 N–H and O–H groups in total. The second-order valence-corrected chi connectivity index (χ2v) is 14.9. The third-order valence-electron chi connectivity index (χ3n) is 11.2. The zero-order chi connectivity index (χ0) is 40.9. The summed E-state index contributed by atoms with van der Waals surface area (Å²) in [5, 5.41) is 11.3. The number of carbonyl (C=O) groups is 6. The van der Waals surface area contributed by atoms with Crippen molar-refractivity contribution in [1.29, 1.82) is 0 Å². The van der Waals surface area contributed by atoms with E-state index < -0.39 is 11.9 Å². The highest BCUT2D eigenvalue weighted by atomic mass is 16.5. The third kappa shape index (κ3) is 8.24. The summed E-state index contributed by atoms with van der Waals surface area (Å²) in [7, 11) is 3.29. The minimum absolute atomic E-state index is 0.0479. The van der Waals surface area contributed by atoms with Crippen LogP contribution in [0.3, 0.4) is 0 Å². The van der Waals surface area contributed by atoms with Gasteiger partial charge in [-0.05, 0) is 68.9 Å². The summed E-state index contributed by atoms with van der Waals surface area (Å²) in [4.78, 5) is 90.5. The zero-order valence-corrected chi connectivity index (χ0v) is 33.0. The predicted octanol–water partition coefficient (Wildman–Crippen LogP) is 3.20. The first kappa shape index (κ1) is 40.0. The Morgan fingerprint density at radius 1 is 0.983 bits per heavy atom. The molecule has 4 aliphatic rings. The second-order valence-electron chi connectivity index (χ2n) is 14.9. The van der Waals surface area contributed by atoms with Crippen molar-refractivity contribution in [3.05, 3.63) is 59.3 Å². The normalized spacial score (nSPS) is 19.1. The third-order valence-corrected chi connectivity index (χ3v) is 11.2. The van der Waals surface area contributed by atoms with Crippen molar-refractivity contribution >= 4 is 58.6 Å². The van der Waals surface area contributed by atoms with Crippen molar-refractivity contribution in [1.82, 2.24) is 30.8 Å². The first-order valence-corrected chi connectivity index (χ1v) is 19.9. The van der Waals surface area contributed by atoms with Crippen LogP contribution in [0.25, 0.3) is 0 Å². The van der Waals surface area contributed by atoms with E-state index in [2.05, 4.69) is 31.2 Å². The van der Waals surface area contributed by atoms with Gasteiger partial charge >= 0.3 is 0 Å². The molecule has 1 aromatic heterocycles. The van der Waals surface area contributed by atoms with Crippen LogP contribution in [0.2, 0.25) is 0 Å². The predicted molar refractivity (Wildman–Crippen MR) is 213 cm³/mol. The Morgan fingerprint density at radius 2 is 1.76 bits per heavy atom. The molecule has 1 saturated carbocycles. The summed E-state index contributed by atoms with van der Waals surface area (Å²) in [5.41, 5.74) is 2.66. The maximum Gasteiger partial charge on any atom is 0.257 e. The molecule has 7 rings (SSSR count). The Morgan fingerprint density at radius 3 is 2.50 bits per heavy atom. The molecule has 3 aromatic rings. The lowest BCUT2D eigenvalue weighted by Crippen LogP contribution is -2.55. The van der Waals surface area contributed by atoms with Crippen molar-refractivity contribution in [3.8, 4) is 11.5 Å². The van der Waals surface area contributed by atoms with E-state index in [0.717, 1.165) is 31.5 Å². The first-order valence-electron chi connectivity index (χ1n) is 19.9. The van der Waals surface area contributed by atoms with Gasteiger partial charge in [0.2, 0.25) is 23.7 Å². The van der Waals surface area contributed by atoms with Crippen molar-refractivity contribution in [2.24, 2.45) is 0 Å². The van der Waals surface area contributed by atoms with Gasteiger partial charge in [-0.3, -0.25) is 34.1 Å². The van der Waals surface area contributed by atoms with Gasteiger partial charge in [0.25, 0.3) is 17.7 Å². The number of unbranched alkanes of at least 4 members (excludes halogenated alkanes) is 1. The van der Waals surface area contributed by atoms with Crippen LogP contribution in [0.15, 0.2) is 42.6 Å². The van der Waals surface area contributed by atoms with Crippen LogP contribution in [0.4, 0.5) is 23.1 Å². The number of likely N-dealkylation sites (N-methyl/N-ethyl adjacent to an activating group) is 1. The van der Waals surface area contributed by atoms with E-state index >= 15 is 0 Å². The van der Waals surface area contributed by atoms with Gasteiger partial charge in [-0.1, -0.05) is 25.8 Å². The van der Waals surface area contributed by atoms with Gasteiger partial charge in [0.15, 0.2) is 12.4 Å². The number of nitrogens with zero attached hydrogens (tertiary/aromatic N) is 5. The molecule has 306 valence electrons. The van der Waals surface area contributed by atoms with E-state index in [0.29, 0.717) is 77.9 Å². The van der Waals surface area contributed by atoms with Crippen LogP contribution < -0.4 is 40.5 Å². The van der Waals surface area contributed by atoms with Gasteiger partial charge < -0.3 is 40.1 Å². The molecule has 6 amide bonds. The molecular formula is C41H49N9O8. The number of fused-ring (bicyclic) bond motifs is 2. The quantitative estimate of drug-likeness (QED) is 0.129. The molecule has 0 bridgehead atoms. The highest BCUT2D eigenvalue weighted by Gasteiger charge is 2.42. The van der Waals surface area contributed by atoms with E-state index in [1.165, 1.54) is 12.0 Å². The van der Waals surface area contributed by atoms with E-state index in [9.17, 15) is 28.8 Å². The number of aromatic nitrogens is 2. The number of piperidine rings is 1. The maximum atomic E-state index is 13.2. The Hall–Kier alpha value is -6.26. The molecule has 1 unspecified atom stereocenters. The van der Waals surface area contributed by atoms with Crippen LogP contribution in [-0.2, 0) is 25.7 Å². The number of rotatable bonds is 15. The van der Waals surface area contributed by atoms with Crippen LogP contribution >= 0.6 is 0 Å². The summed E-state index contributed by atoms with van der Waals surface area (Å²) < 4.78 is 11.4. The van der Waals surface area contributed by atoms with Gasteiger partial charge in [0.05, 0.1) is 25.5 Å². The summed E-state index contributed by atoms with van der Waals surface area (Å²) in [6, 6.07) is 9.28. The van der Waals surface area contributed by atoms with Crippen LogP contribution in [0.5, 0.6) is 11.5 Å². The standard InChI is InChI=1S/C41H49N9O8/c1-4-29-40(56)48(2)31-21-44-41(47-36(31)50(29)25-10-5-6-11-25)45-28-15-14-24(20-33(28)57-3)37(53)43-19-8-7-18-42-35(52)23-58-32-13-9-12-26-27(32)22-49(39(26)55)30-16-17-34(51)46-38(30)54/h9,12-15,20-21,25,29-30H,4-8,10-11,16-19,22-23H2,1-3H3,(H,42,52)(H,43,53)(H,44,45,47)(H,46,51,54)/t29-,30?/m1/s1. The number of hydrogen-bond acceptors (Lipinski definition) is 12. The highest BCUT2D eigenvalue weighted by Crippen LogP contribution is 2.40. The van der Waals surface area contributed by atoms with Crippen molar-refractivity contribution in [2.75, 3.05) is 49.0 Å². The molecule has 1 aliphatic carbocycles. The topological polar surface area (TPSA) is 204 Å². The number of carbonyl (C=O) groups excluding carboxylic acids is 6. The lowest BCUT2D eigenvalue weighted by Gasteiger charge is -2.43. The Labute approximate surface area is 336 Å². The molecule has 2 fully saturated rings. The van der Waals surface area contributed by atoms with Crippen molar-refractivity contribution in [3.63, 3.8) is 0 Å². The number of methoxy groups -OCH3 is 1. The fourth-order valence-corrected chi connectivity index (χ4v) is 8.17. The highest BCUT2D eigenvalue weighted by molar-refractivity contribution is 6.06. The van der Waals surface area contributed by atoms with Gasteiger partial charge in [0, 0.05) is 49.3 Å². The van der Waals surface area contributed by atoms with E-state index in [4.69, 9.17) is 14.5 Å². The largest absolute Gasteiger partial charge is 0.495 e. The number of benzene rings is 2. The van der Waals surface area contributed by atoms with E-state index in [-0.39, 0.29) is 67.6 Å². The summed E-state index contributed by atoms with van der Waals surface area (Å²) in [6.45, 7) is 2.66. The molecule has 2 atom stereocenters. The second kappa shape index (κ2) is 17.5. The average Bonchev–Trinajstić information content (AvgIpc) is 3.88. The van der Waals surface area contributed by atoms with Crippen molar-refractivity contribution < 1.29 is 38.2 Å². The summed E-state index contributed by atoms with van der Waals surface area (Å²) >= 11 is 0. The summed E-state index contributed by atoms with van der Waals surface area (Å²) in [6.07, 6.45) is 8.26. The summed E-state index contributed by atoms with van der Waals surface area (Å²) in [5.74, 6) is 0.168.